The molecule has 6 heterocycles. The molecule has 7 rings (SSSR count). The van der Waals surface area contributed by atoms with E-state index in [1.54, 1.807) is 29.0 Å². The first-order chi connectivity index (χ1) is 19.3. The molecule has 10 heteroatoms. The van der Waals surface area contributed by atoms with E-state index in [2.05, 4.69) is 49.0 Å². The number of aromatic amines is 1. The third kappa shape index (κ3) is 4.25. The number of likely N-dealkylation sites (tertiary alicyclic amines) is 1. The van der Waals surface area contributed by atoms with Crippen LogP contribution in [0.5, 0.6) is 0 Å². The van der Waals surface area contributed by atoms with Gasteiger partial charge in [0.15, 0.2) is 5.82 Å². The van der Waals surface area contributed by atoms with Gasteiger partial charge in [-0.05, 0) is 56.5 Å². The van der Waals surface area contributed by atoms with Crippen LogP contribution < -0.4 is 5.32 Å². The second-order valence-corrected chi connectivity index (χ2v) is 11.6. The highest BCUT2D eigenvalue weighted by molar-refractivity contribution is 5.93. The van der Waals surface area contributed by atoms with Gasteiger partial charge in [-0.2, -0.15) is 0 Å². The van der Waals surface area contributed by atoms with Crippen LogP contribution in [0.1, 0.15) is 57.7 Å². The summed E-state index contributed by atoms with van der Waals surface area (Å²) in [6, 6.07) is 5.79. The van der Waals surface area contributed by atoms with Crippen LogP contribution in [-0.2, 0) is 13.0 Å². The molecule has 1 aliphatic carbocycles. The zero-order chi connectivity index (χ0) is 27.6. The number of hydrogen-bond donors (Lipinski definition) is 2. The molecule has 1 spiro atoms. The summed E-state index contributed by atoms with van der Waals surface area (Å²) in [5, 5.41) is 3.22. The molecule has 3 aliphatic rings. The van der Waals surface area contributed by atoms with Gasteiger partial charge in [0.2, 0.25) is 0 Å². The summed E-state index contributed by atoms with van der Waals surface area (Å²) >= 11 is 0. The van der Waals surface area contributed by atoms with E-state index in [1.165, 1.54) is 6.33 Å². The Bertz CT molecular complexity index is 1700. The fraction of sp³-hybridized carbons (Fsp3) is 0.400. The molecule has 0 aromatic carbocycles. The smallest absolute Gasteiger partial charge is 0.270 e. The zero-order valence-corrected chi connectivity index (χ0v) is 22.3. The average molecular weight is 542 g/mol. The van der Waals surface area contributed by atoms with Crippen molar-refractivity contribution in [2.45, 2.75) is 44.9 Å². The number of pyridine rings is 2. The number of alkyl halides is 1. The van der Waals surface area contributed by atoms with Crippen molar-refractivity contribution in [2.24, 2.45) is 11.3 Å². The standard InChI is InChI=1S/C30H29F2N7O/c1-17-8-18(5-6-19-11-30(12-19)14-38(2)15-30)9-22(35-17)29(40)37-27(25-23-10-20(31)13-39(23)16-34-25)26-24(32)21-4-3-7-33-28(21)36-26/h3-4,7-9,16,19-20,27H,10-15H2,1-2H3,(H,33,36)(H,37,40)/t20-,27?/m1/s1. The number of rotatable bonds is 4. The molecule has 0 bridgehead atoms. The third-order valence-corrected chi connectivity index (χ3v) is 8.34. The fourth-order valence-corrected chi connectivity index (χ4v) is 6.71. The Morgan fingerprint density at radius 2 is 2.10 bits per heavy atom. The minimum absolute atomic E-state index is 0.110. The Hall–Kier alpha value is -4.10. The van der Waals surface area contributed by atoms with Gasteiger partial charge < -0.3 is 19.8 Å². The lowest BCUT2D eigenvalue weighted by molar-refractivity contribution is -0.0651. The Morgan fingerprint density at radius 3 is 2.88 bits per heavy atom. The lowest BCUT2D eigenvalue weighted by atomic mass is 9.58. The van der Waals surface area contributed by atoms with E-state index in [9.17, 15) is 9.18 Å². The normalized spacial score (nSPS) is 20.4. The molecule has 0 radical (unpaired) electrons. The molecule has 2 N–H and O–H groups in total. The van der Waals surface area contributed by atoms with Crippen LogP contribution in [0.4, 0.5) is 8.78 Å². The van der Waals surface area contributed by atoms with Crippen molar-refractivity contribution >= 4 is 16.9 Å². The van der Waals surface area contributed by atoms with Crippen molar-refractivity contribution < 1.29 is 13.6 Å². The average Bonchev–Trinajstić information content (AvgIpc) is 3.55. The lowest BCUT2D eigenvalue weighted by Gasteiger charge is -2.57. The summed E-state index contributed by atoms with van der Waals surface area (Å²) in [5.74, 6) is 5.94. The first-order valence-electron chi connectivity index (χ1n) is 13.6. The zero-order valence-electron chi connectivity index (χ0n) is 22.3. The highest BCUT2D eigenvalue weighted by Gasteiger charge is 2.50. The molecule has 2 fully saturated rings. The van der Waals surface area contributed by atoms with Crippen LogP contribution in [0.15, 0.2) is 36.8 Å². The number of hydrogen-bond acceptors (Lipinski definition) is 5. The molecular weight excluding hydrogens is 512 g/mol. The van der Waals surface area contributed by atoms with Gasteiger partial charge in [-0.1, -0.05) is 11.8 Å². The number of H-pyrrole nitrogens is 1. The van der Waals surface area contributed by atoms with E-state index in [-0.39, 0.29) is 24.4 Å². The topological polar surface area (TPSA) is 91.7 Å². The van der Waals surface area contributed by atoms with Crippen molar-refractivity contribution in [1.29, 1.82) is 0 Å². The first kappa shape index (κ1) is 24.9. The maximum Gasteiger partial charge on any atom is 0.270 e. The molecule has 2 aliphatic heterocycles. The quantitative estimate of drug-likeness (QED) is 0.385. The largest absolute Gasteiger partial charge is 0.339 e. The fourth-order valence-electron chi connectivity index (χ4n) is 6.71. The first-order valence-corrected chi connectivity index (χ1v) is 13.6. The van der Waals surface area contributed by atoms with Crippen LogP contribution in [0, 0.1) is 35.9 Å². The molecule has 204 valence electrons. The second-order valence-electron chi connectivity index (χ2n) is 11.6. The lowest BCUT2D eigenvalue weighted by Crippen LogP contribution is -2.60. The molecule has 4 aromatic heterocycles. The van der Waals surface area contributed by atoms with E-state index in [0.29, 0.717) is 45.0 Å². The van der Waals surface area contributed by atoms with Crippen molar-refractivity contribution in [3.05, 3.63) is 76.6 Å². The number of carbonyl (C=O) groups is 1. The summed E-state index contributed by atoms with van der Waals surface area (Å²) in [7, 11) is 2.14. The number of aryl methyl sites for hydroxylation is 1. The monoisotopic (exact) mass is 541 g/mol. The van der Waals surface area contributed by atoms with E-state index < -0.39 is 23.9 Å². The molecule has 2 atom stereocenters. The number of imidazole rings is 1. The Labute approximate surface area is 230 Å². The maximum absolute atomic E-state index is 15.6. The predicted octanol–water partition coefficient (Wildman–Crippen LogP) is 3.71. The molecular formula is C30H29F2N7O. The predicted molar refractivity (Wildman–Crippen MR) is 145 cm³/mol. The van der Waals surface area contributed by atoms with Crippen molar-refractivity contribution in [3.8, 4) is 11.8 Å². The number of carbonyl (C=O) groups excluding carboxylic acids is 1. The van der Waals surface area contributed by atoms with Crippen molar-refractivity contribution in [1.82, 2.24) is 34.7 Å². The van der Waals surface area contributed by atoms with Gasteiger partial charge in [-0.3, -0.25) is 4.79 Å². The molecule has 8 nitrogen and oxygen atoms in total. The summed E-state index contributed by atoms with van der Waals surface area (Å²) in [6.07, 6.45) is 4.41. The second kappa shape index (κ2) is 9.24. The molecule has 1 amide bonds. The summed E-state index contributed by atoms with van der Waals surface area (Å²) in [4.78, 5) is 32.1. The van der Waals surface area contributed by atoms with Gasteiger partial charge in [0.1, 0.15) is 23.6 Å². The molecule has 4 aromatic rings. The Morgan fingerprint density at radius 1 is 1.27 bits per heavy atom. The van der Waals surface area contributed by atoms with Crippen LogP contribution in [0.25, 0.3) is 11.0 Å². The van der Waals surface area contributed by atoms with Crippen LogP contribution >= 0.6 is 0 Å². The minimum Gasteiger partial charge on any atom is -0.339 e. The van der Waals surface area contributed by atoms with E-state index >= 15 is 4.39 Å². The highest BCUT2D eigenvalue weighted by atomic mass is 19.1. The van der Waals surface area contributed by atoms with Gasteiger partial charge in [0.25, 0.3) is 5.91 Å². The van der Waals surface area contributed by atoms with Gasteiger partial charge in [-0.15, -0.1) is 0 Å². The van der Waals surface area contributed by atoms with Gasteiger partial charge in [-0.25, -0.2) is 23.7 Å². The van der Waals surface area contributed by atoms with Crippen molar-refractivity contribution in [2.75, 3.05) is 20.1 Å². The van der Waals surface area contributed by atoms with Crippen LogP contribution in [-0.4, -0.2) is 61.6 Å². The third-order valence-electron chi connectivity index (χ3n) is 8.34. The summed E-state index contributed by atoms with van der Waals surface area (Å²) < 4.78 is 31.6. The summed E-state index contributed by atoms with van der Waals surface area (Å²) in [6.45, 7) is 4.28. The van der Waals surface area contributed by atoms with E-state index in [0.717, 1.165) is 25.9 Å². The van der Waals surface area contributed by atoms with Crippen LogP contribution in [0.3, 0.4) is 0 Å². The molecule has 1 saturated carbocycles. The summed E-state index contributed by atoms with van der Waals surface area (Å²) in [5.41, 5.74) is 3.48. The SMILES string of the molecule is Cc1cc(C#CC2CC3(C2)CN(C)C3)cc(C(=O)NC(c2ncn3c2C[C@@H](F)C3)c2[nH]c3ncccc3c2F)n1. The maximum atomic E-state index is 15.6. The molecule has 1 saturated heterocycles. The minimum atomic E-state index is -1.06. The van der Waals surface area contributed by atoms with Gasteiger partial charge in [0.05, 0.1) is 29.6 Å². The number of amides is 1. The Kier molecular flexibility index (Phi) is 5.75. The number of nitrogens with one attached hydrogen (secondary N) is 2. The van der Waals surface area contributed by atoms with E-state index in [1.807, 2.05) is 13.0 Å². The van der Waals surface area contributed by atoms with Crippen molar-refractivity contribution in [3.63, 3.8) is 0 Å². The number of nitrogens with zero attached hydrogens (tertiary/aromatic N) is 5. The number of halogens is 2. The van der Waals surface area contributed by atoms with E-state index in [4.69, 9.17) is 0 Å². The highest BCUT2D eigenvalue weighted by Crippen LogP contribution is 2.51. The Balaban J connectivity index is 1.18. The van der Waals surface area contributed by atoms with Gasteiger partial charge >= 0.3 is 0 Å². The van der Waals surface area contributed by atoms with Crippen LogP contribution in [0.2, 0.25) is 0 Å². The molecule has 40 heavy (non-hydrogen) atoms. The number of aromatic nitrogens is 5. The number of fused-ring (bicyclic) bond motifs is 2. The molecule has 1 unspecified atom stereocenters. The van der Waals surface area contributed by atoms with Gasteiger partial charge in [0, 0.05) is 48.6 Å².